The van der Waals surface area contributed by atoms with Gasteiger partial charge in [0, 0.05) is 61.9 Å². The van der Waals surface area contributed by atoms with Gasteiger partial charge < -0.3 is 27.1 Å². The number of aryl methyl sites for hydroxylation is 1. The van der Waals surface area contributed by atoms with Crippen molar-refractivity contribution in [2.45, 2.75) is 38.1 Å². The molecule has 158 valence electrons. The van der Waals surface area contributed by atoms with E-state index >= 15 is 0 Å². The number of allylic oxidation sites excluding steroid dienone is 2. The Balaban J connectivity index is 1.76. The summed E-state index contributed by atoms with van der Waals surface area (Å²) in [4.78, 5) is 0. The molecule has 1 fully saturated rings. The Morgan fingerprint density at radius 3 is 2.77 bits per heavy atom. The second-order valence-electron chi connectivity index (χ2n) is 8.16. The zero-order chi connectivity index (χ0) is 21.3. The average Bonchev–Trinajstić information content (AvgIpc) is 3.53. The van der Waals surface area contributed by atoms with Gasteiger partial charge in [0.2, 0.25) is 0 Å². The SMILES string of the molecule is CN/C=C(\C=N)c1ccc2c(c1)C(Nc1cc(C3CC3)nn1C)CCN/C2=C(/C)N. The van der Waals surface area contributed by atoms with Gasteiger partial charge in [0.1, 0.15) is 5.82 Å². The summed E-state index contributed by atoms with van der Waals surface area (Å²) in [6, 6.07) is 8.63. The van der Waals surface area contributed by atoms with Gasteiger partial charge in [-0.05, 0) is 43.4 Å². The molecule has 2 aliphatic rings. The van der Waals surface area contributed by atoms with Crippen molar-refractivity contribution in [1.82, 2.24) is 20.4 Å². The quantitative estimate of drug-likeness (QED) is 0.475. The lowest BCUT2D eigenvalue weighted by atomic mass is 9.93. The van der Waals surface area contributed by atoms with Crippen LogP contribution >= 0.6 is 0 Å². The van der Waals surface area contributed by atoms with Gasteiger partial charge >= 0.3 is 0 Å². The Kier molecular flexibility index (Phi) is 5.53. The maximum atomic E-state index is 7.80. The van der Waals surface area contributed by atoms with Crippen molar-refractivity contribution >= 4 is 23.3 Å². The standard InChI is InChI=1S/C23H31N7/c1-14(25)23-18-7-6-16(17(12-24)13-26-2)10-19(18)20(8-9-27-23)28-22-11-21(15-4-5-15)29-30(22)3/h6-7,10-13,15,20,24,26-28H,4-5,8-9,25H2,1-3H3/b17-13+,23-14-,24-12?. The molecule has 1 atom stereocenters. The first-order chi connectivity index (χ1) is 14.5. The number of aromatic nitrogens is 2. The Hall–Kier alpha value is -3.22. The van der Waals surface area contributed by atoms with Crippen LogP contribution in [-0.2, 0) is 7.05 Å². The van der Waals surface area contributed by atoms with Crippen LogP contribution in [0.4, 0.5) is 5.82 Å². The van der Waals surface area contributed by atoms with E-state index in [1.165, 1.54) is 30.3 Å². The van der Waals surface area contributed by atoms with Gasteiger partial charge in [-0.2, -0.15) is 5.10 Å². The molecular formula is C23H31N7. The summed E-state index contributed by atoms with van der Waals surface area (Å²) in [5.74, 6) is 1.66. The molecule has 1 aromatic heterocycles. The van der Waals surface area contributed by atoms with Crippen LogP contribution in [0.2, 0.25) is 0 Å². The minimum atomic E-state index is 0.105. The predicted molar refractivity (Wildman–Crippen MR) is 123 cm³/mol. The average molecular weight is 406 g/mol. The van der Waals surface area contributed by atoms with Gasteiger partial charge in [-0.25, -0.2) is 0 Å². The maximum absolute atomic E-state index is 7.80. The minimum Gasteiger partial charge on any atom is -0.401 e. The highest BCUT2D eigenvalue weighted by Crippen LogP contribution is 2.41. The normalized spacial score (nSPS) is 20.6. The van der Waals surface area contributed by atoms with Crippen molar-refractivity contribution < 1.29 is 0 Å². The first-order valence-corrected chi connectivity index (χ1v) is 10.5. The highest BCUT2D eigenvalue weighted by Gasteiger charge is 2.28. The number of rotatable bonds is 6. The summed E-state index contributed by atoms with van der Waals surface area (Å²) >= 11 is 0. The molecule has 1 aliphatic carbocycles. The zero-order valence-electron chi connectivity index (χ0n) is 17.9. The van der Waals surface area contributed by atoms with Gasteiger partial charge in [-0.1, -0.05) is 12.1 Å². The molecule has 2 heterocycles. The first kappa shape index (κ1) is 20.1. The van der Waals surface area contributed by atoms with E-state index in [-0.39, 0.29) is 6.04 Å². The molecule has 1 unspecified atom stereocenters. The van der Waals surface area contributed by atoms with Gasteiger partial charge in [0.15, 0.2) is 0 Å². The molecule has 7 nitrogen and oxygen atoms in total. The van der Waals surface area contributed by atoms with Crippen molar-refractivity contribution in [3.63, 3.8) is 0 Å². The smallest absolute Gasteiger partial charge is 0.124 e. The molecular weight excluding hydrogens is 374 g/mol. The van der Waals surface area contributed by atoms with E-state index in [0.29, 0.717) is 5.92 Å². The number of hydrogen-bond donors (Lipinski definition) is 5. The Morgan fingerprint density at radius 2 is 2.10 bits per heavy atom. The van der Waals surface area contributed by atoms with Crippen LogP contribution in [0.15, 0.2) is 36.2 Å². The predicted octanol–water partition coefficient (Wildman–Crippen LogP) is 3.30. The fourth-order valence-electron chi connectivity index (χ4n) is 4.10. The number of anilines is 1. The van der Waals surface area contributed by atoms with E-state index in [0.717, 1.165) is 46.9 Å². The lowest BCUT2D eigenvalue weighted by Crippen LogP contribution is -2.17. The molecule has 0 saturated heterocycles. The molecule has 1 saturated carbocycles. The molecule has 4 rings (SSSR count). The topological polar surface area (TPSA) is 104 Å². The van der Waals surface area contributed by atoms with E-state index < -0.39 is 0 Å². The molecule has 0 amide bonds. The third kappa shape index (κ3) is 3.92. The molecule has 2 aromatic rings. The first-order valence-electron chi connectivity index (χ1n) is 10.5. The highest BCUT2D eigenvalue weighted by atomic mass is 15.3. The summed E-state index contributed by atoms with van der Waals surface area (Å²) in [7, 11) is 3.85. The summed E-state index contributed by atoms with van der Waals surface area (Å²) in [5.41, 5.74) is 13.3. The van der Waals surface area contributed by atoms with Crippen LogP contribution in [0.3, 0.4) is 0 Å². The lowest BCUT2D eigenvalue weighted by molar-refractivity contribution is 0.664. The fraction of sp³-hybridized carbons (Fsp3) is 0.391. The molecule has 30 heavy (non-hydrogen) atoms. The summed E-state index contributed by atoms with van der Waals surface area (Å²) in [5, 5.41) is 22.8. The second kappa shape index (κ2) is 8.26. The van der Waals surface area contributed by atoms with Gasteiger partial charge in [0.25, 0.3) is 0 Å². The molecule has 6 N–H and O–H groups in total. The van der Waals surface area contributed by atoms with Crippen LogP contribution in [0, 0.1) is 5.41 Å². The minimum absolute atomic E-state index is 0.105. The van der Waals surface area contributed by atoms with Crippen molar-refractivity contribution in [2.75, 3.05) is 18.9 Å². The number of benzene rings is 1. The van der Waals surface area contributed by atoms with Gasteiger partial charge in [-0.15, -0.1) is 0 Å². The summed E-state index contributed by atoms with van der Waals surface area (Å²) in [6.07, 6.45) is 6.62. The molecule has 0 spiro atoms. The van der Waals surface area contributed by atoms with E-state index in [4.69, 9.17) is 16.2 Å². The molecule has 1 aromatic carbocycles. The van der Waals surface area contributed by atoms with Gasteiger partial charge in [-0.3, -0.25) is 4.68 Å². The lowest BCUT2D eigenvalue weighted by Gasteiger charge is -2.21. The largest absolute Gasteiger partial charge is 0.401 e. The second-order valence-corrected chi connectivity index (χ2v) is 8.16. The van der Waals surface area contributed by atoms with E-state index in [2.05, 4.69) is 40.2 Å². The van der Waals surface area contributed by atoms with Gasteiger partial charge in [0.05, 0.1) is 17.4 Å². The van der Waals surface area contributed by atoms with Crippen molar-refractivity contribution in [3.05, 3.63) is 58.5 Å². The molecule has 7 heteroatoms. The van der Waals surface area contributed by atoms with E-state index in [9.17, 15) is 0 Å². The third-order valence-corrected chi connectivity index (χ3v) is 5.83. The fourth-order valence-corrected chi connectivity index (χ4v) is 4.10. The van der Waals surface area contributed by atoms with Crippen LogP contribution in [0.1, 0.15) is 60.5 Å². The summed E-state index contributed by atoms with van der Waals surface area (Å²) < 4.78 is 1.95. The molecule has 0 bridgehead atoms. The van der Waals surface area contributed by atoms with Crippen LogP contribution < -0.4 is 21.7 Å². The van der Waals surface area contributed by atoms with Crippen molar-refractivity contribution in [2.24, 2.45) is 12.8 Å². The number of hydrogen-bond acceptors (Lipinski definition) is 6. The van der Waals surface area contributed by atoms with Crippen LogP contribution in [0.25, 0.3) is 11.3 Å². The van der Waals surface area contributed by atoms with Crippen molar-refractivity contribution in [3.8, 4) is 0 Å². The van der Waals surface area contributed by atoms with Crippen LogP contribution in [-0.4, -0.2) is 29.6 Å². The zero-order valence-corrected chi connectivity index (χ0v) is 17.9. The van der Waals surface area contributed by atoms with E-state index in [1.54, 1.807) is 0 Å². The number of nitrogens with one attached hydrogen (secondary N) is 4. The Labute approximate surface area is 177 Å². The Bertz CT molecular complexity index is 1010. The Morgan fingerprint density at radius 1 is 1.30 bits per heavy atom. The third-order valence-electron chi connectivity index (χ3n) is 5.83. The summed E-state index contributed by atoms with van der Waals surface area (Å²) in [6.45, 7) is 2.75. The number of nitrogens with two attached hydrogens (primary N) is 1. The monoisotopic (exact) mass is 405 g/mol. The maximum Gasteiger partial charge on any atom is 0.124 e. The molecule has 0 radical (unpaired) electrons. The van der Waals surface area contributed by atoms with Crippen LogP contribution in [0.5, 0.6) is 0 Å². The number of fused-ring (bicyclic) bond motifs is 1. The van der Waals surface area contributed by atoms with E-state index in [1.807, 2.05) is 31.9 Å². The van der Waals surface area contributed by atoms with Crippen molar-refractivity contribution in [1.29, 1.82) is 5.41 Å². The number of nitrogens with zero attached hydrogens (tertiary/aromatic N) is 2. The highest BCUT2D eigenvalue weighted by molar-refractivity contribution is 6.08. The molecule has 1 aliphatic heterocycles.